The van der Waals surface area contributed by atoms with Crippen LogP contribution in [0.4, 0.5) is 5.69 Å². The number of thiophene rings is 1. The first-order valence-corrected chi connectivity index (χ1v) is 10.0. The van der Waals surface area contributed by atoms with Gasteiger partial charge in [-0.3, -0.25) is 0 Å². The molecule has 0 bridgehead atoms. The van der Waals surface area contributed by atoms with Gasteiger partial charge in [-0.1, -0.05) is 11.8 Å². The van der Waals surface area contributed by atoms with Gasteiger partial charge >= 0.3 is 0 Å². The first-order valence-electron chi connectivity index (χ1n) is 7.11. The van der Waals surface area contributed by atoms with Crippen molar-refractivity contribution in [3.8, 4) is 0 Å². The second kappa shape index (κ2) is 5.63. The number of fused-ring (bicyclic) bond motifs is 2. The Morgan fingerprint density at radius 1 is 1.33 bits per heavy atom. The van der Waals surface area contributed by atoms with Gasteiger partial charge in [-0.25, -0.2) is 4.98 Å². The Labute approximate surface area is 136 Å². The molecule has 0 spiro atoms. The van der Waals surface area contributed by atoms with Crippen molar-refractivity contribution in [3.05, 3.63) is 40.1 Å². The van der Waals surface area contributed by atoms with Crippen LogP contribution in [0.1, 0.15) is 29.3 Å². The van der Waals surface area contributed by atoms with Crippen molar-refractivity contribution in [2.45, 2.75) is 29.6 Å². The highest BCUT2D eigenvalue weighted by atomic mass is 32.2. The van der Waals surface area contributed by atoms with E-state index >= 15 is 0 Å². The zero-order chi connectivity index (χ0) is 14.2. The summed E-state index contributed by atoms with van der Waals surface area (Å²) in [5.41, 5.74) is 3.82. The van der Waals surface area contributed by atoms with Crippen LogP contribution in [0.3, 0.4) is 0 Å². The zero-order valence-corrected chi connectivity index (χ0v) is 14.2. The van der Waals surface area contributed by atoms with E-state index in [4.69, 9.17) is 0 Å². The van der Waals surface area contributed by atoms with Gasteiger partial charge < -0.3 is 5.32 Å². The predicted octanol–water partition coefficient (Wildman–Crippen LogP) is 5.57. The standard InChI is InChI=1S/C16H16N2S3/c1-19-16-18-13-6-5-10(9-15(13)21-16)17-12-3-2-4-14-11(12)7-8-20-14/h5-9,12,17H,2-4H2,1H3. The Bertz CT molecular complexity index is 775. The fourth-order valence-corrected chi connectivity index (χ4v) is 5.43. The third-order valence-corrected chi connectivity index (χ3v) is 6.94. The molecule has 3 aromatic rings. The van der Waals surface area contributed by atoms with Gasteiger partial charge in [0, 0.05) is 10.6 Å². The summed E-state index contributed by atoms with van der Waals surface area (Å²) in [6, 6.07) is 9.28. The molecule has 4 rings (SSSR count). The van der Waals surface area contributed by atoms with Crippen LogP contribution < -0.4 is 5.32 Å². The minimum atomic E-state index is 0.463. The maximum absolute atomic E-state index is 4.60. The molecular weight excluding hydrogens is 316 g/mol. The van der Waals surface area contributed by atoms with Crippen LogP contribution in [0.15, 0.2) is 34.0 Å². The van der Waals surface area contributed by atoms with Crippen molar-refractivity contribution < 1.29 is 0 Å². The van der Waals surface area contributed by atoms with Crippen molar-refractivity contribution in [1.29, 1.82) is 0 Å². The molecule has 2 aromatic heterocycles. The Morgan fingerprint density at radius 3 is 3.19 bits per heavy atom. The zero-order valence-electron chi connectivity index (χ0n) is 11.8. The number of hydrogen-bond acceptors (Lipinski definition) is 5. The summed E-state index contributed by atoms with van der Waals surface area (Å²) in [6.45, 7) is 0. The highest BCUT2D eigenvalue weighted by molar-refractivity contribution is 8.00. The van der Waals surface area contributed by atoms with Gasteiger partial charge in [0.05, 0.1) is 16.3 Å². The van der Waals surface area contributed by atoms with Gasteiger partial charge in [0.1, 0.15) is 0 Å². The first-order chi connectivity index (χ1) is 10.3. The van der Waals surface area contributed by atoms with E-state index in [1.807, 2.05) is 11.3 Å². The molecule has 1 unspecified atom stereocenters. The van der Waals surface area contributed by atoms with Crippen LogP contribution in [0, 0.1) is 0 Å². The van der Waals surface area contributed by atoms with E-state index in [2.05, 4.69) is 46.2 Å². The number of nitrogens with zero attached hydrogens (tertiary/aromatic N) is 1. The summed E-state index contributed by atoms with van der Waals surface area (Å²) in [7, 11) is 0. The minimum absolute atomic E-state index is 0.463. The normalized spacial score (nSPS) is 17.9. The van der Waals surface area contributed by atoms with Crippen molar-refractivity contribution in [3.63, 3.8) is 0 Å². The molecule has 0 radical (unpaired) electrons. The van der Waals surface area contributed by atoms with E-state index in [1.54, 1.807) is 28.0 Å². The quantitative estimate of drug-likeness (QED) is 0.635. The number of benzene rings is 1. The van der Waals surface area contributed by atoms with Gasteiger partial charge in [0.25, 0.3) is 0 Å². The van der Waals surface area contributed by atoms with Crippen molar-refractivity contribution in [2.75, 3.05) is 11.6 Å². The summed E-state index contributed by atoms with van der Waals surface area (Å²) >= 11 is 5.39. The molecule has 1 aliphatic rings. The molecule has 1 aliphatic carbocycles. The number of aromatic nitrogens is 1. The molecule has 5 heteroatoms. The Hall–Kier alpha value is -1.04. The fourth-order valence-electron chi connectivity index (χ4n) is 2.92. The third-order valence-electron chi connectivity index (χ3n) is 3.94. The number of thioether (sulfide) groups is 1. The second-order valence-electron chi connectivity index (χ2n) is 5.25. The highest BCUT2D eigenvalue weighted by Gasteiger charge is 2.21. The molecule has 0 amide bonds. The number of thiazole rings is 1. The van der Waals surface area contributed by atoms with Crippen LogP contribution in [-0.4, -0.2) is 11.2 Å². The third kappa shape index (κ3) is 2.58. The number of nitrogens with one attached hydrogen (secondary N) is 1. The molecule has 21 heavy (non-hydrogen) atoms. The molecule has 0 saturated carbocycles. The molecule has 0 saturated heterocycles. The lowest BCUT2D eigenvalue weighted by Crippen LogP contribution is -2.15. The van der Waals surface area contributed by atoms with E-state index in [1.165, 1.54) is 35.2 Å². The molecule has 1 N–H and O–H groups in total. The summed E-state index contributed by atoms with van der Waals surface area (Å²) in [5, 5.41) is 5.95. The summed E-state index contributed by atoms with van der Waals surface area (Å²) in [5.74, 6) is 0. The Morgan fingerprint density at radius 2 is 2.29 bits per heavy atom. The van der Waals surface area contributed by atoms with Crippen LogP contribution in [0.2, 0.25) is 0 Å². The maximum Gasteiger partial charge on any atom is 0.150 e. The molecule has 2 nitrogen and oxygen atoms in total. The number of hydrogen-bond donors (Lipinski definition) is 1. The number of rotatable bonds is 3. The number of aryl methyl sites for hydroxylation is 1. The van der Waals surface area contributed by atoms with E-state index in [0.717, 1.165) is 9.86 Å². The van der Waals surface area contributed by atoms with Crippen molar-refractivity contribution in [2.24, 2.45) is 0 Å². The summed E-state index contributed by atoms with van der Waals surface area (Å²) in [6.07, 6.45) is 5.83. The molecule has 0 fully saturated rings. The lowest BCUT2D eigenvalue weighted by atomic mass is 9.94. The molecular formula is C16H16N2S3. The fraction of sp³-hybridized carbons (Fsp3) is 0.312. The molecule has 1 aromatic carbocycles. The highest BCUT2D eigenvalue weighted by Crippen LogP contribution is 2.36. The predicted molar refractivity (Wildman–Crippen MR) is 95.0 cm³/mol. The average Bonchev–Trinajstić information content (AvgIpc) is 3.13. The van der Waals surface area contributed by atoms with E-state index < -0.39 is 0 Å². The van der Waals surface area contributed by atoms with Gasteiger partial charge in [0.2, 0.25) is 0 Å². The van der Waals surface area contributed by atoms with Gasteiger partial charge in [-0.15, -0.1) is 22.7 Å². The molecule has 108 valence electrons. The van der Waals surface area contributed by atoms with Gasteiger partial charge in [0.15, 0.2) is 4.34 Å². The monoisotopic (exact) mass is 332 g/mol. The summed E-state index contributed by atoms with van der Waals surface area (Å²) in [4.78, 5) is 6.16. The minimum Gasteiger partial charge on any atom is -0.378 e. The molecule has 1 atom stereocenters. The van der Waals surface area contributed by atoms with Crippen LogP contribution in [0.25, 0.3) is 10.2 Å². The summed E-state index contributed by atoms with van der Waals surface area (Å²) < 4.78 is 2.41. The Kier molecular flexibility index (Phi) is 3.65. The Balaban J connectivity index is 1.63. The topological polar surface area (TPSA) is 24.9 Å². The van der Waals surface area contributed by atoms with E-state index in [9.17, 15) is 0 Å². The number of anilines is 1. The van der Waals surface area contributed by atoms with E-state index in [0.29, 0.717) is 6.04 Å². The first kappa shape index (κ1) is 13.6. The van der Waals surface area contributed by atoms with Gasteiger partial charge in [-0.05, 0) is 60.7 Å². The smallest absolute Gasteiger partial charge is 0.150 e. The van der Waals surface area contributed by atoms with Crippen LogP contribution in [0.5, 0.6) is 0 Å². The van der Waals surface area contributed by atoms with Crippen molar-refractivity contribution >= 4 is 50.3 Å². The lowest BCUT2D eigenvalue weighted by molar-refractivity contribution is 0.609. The van der Waals surface area contributed by atoms with Crippen LogP contribution >= 0.6 is 34.4 Å². The largest absolute Gasteiger partial charge is 0.378 e. The van der Waals surface area contributed by atoms with Crippen LogP contribution in [-0.2, 0) is 6.42 Å². The second-order valence-corrected chi connectivity index (χ2v) is 8.34. The maximum atomic E-state index is 4.60. The lowest BCUT2D eigenvalue weighted by Gasteiger charge is -2.24. The molecule has 0 aliphatic heterocycles. The van der Waals surface area contributed by atoms with Gasteiger partial charge in [-0.2, -0.15) is 0 Å². The average molecular weight is 333 g/mol. The molecule has 2 heterocycles. The SMILES string of the molecule is CSc1nc2ccc(NC3CCCc4sccc43)cc2s1. The van der Waals surface area contributed by atoms with E-state index in [-0.39, 0.29) is 0 Å². The van der Waals surface area contributed by atoms with Crippen molar-refractivity contribution in [1.82, 2.24) is 4.98 Å².